The summed E-state index contributed by atoms with van der Waals surface area (Å²) in [5, 5.41) is 3.96. The number of aromatic nitrogens is 3. The van der Waals surface area contributed by atoms with E-state index in [1.807, 2.05) is 48.7 Å². The van der Waals surface area contributed by atoms with E-state index in [1.165, 1.54) is 16.7 Å². The molecule has 0 radical (unpaired) electrons. The zero-order chi connectivity index (χ0) is 24.9. The fraction of sp³-hybridized carbons (Fsp3) is 0.167. The lowest BCUT2D eigenvalue weighted by atomic mass is 10.1. The number of benzene rings is 3. The van der Waals surface area contributed by atoms with Crippen LogP contribution in [0.25, 0.3) is 11.0 Å². The van der Waals surface area contributed by atoms with Crippen molar-refractivity contribution in [3.63, 3.8) is 0 Å². The molecule has 5 nitrogen and oxygen atoms in total. The molecule has 0 fully saturated rings. The Kier molecular flexibility index (Phi) is 7.14. The summed E-state index contributed by atoms with van der Waals surface area (Å²) in [5.74, 6) is 0.692. The molecular weight excluding hydrogens is 464 g/mol. The van der Waals surface area contributed by atoms with Gasteiger partial charge in [0, 0.05) is 24.1 Å². The number of nitrogens with one attached hydrogen (secondary N) is 1. The third-order valence-corrected chi connectivity index (χ3v) is 7.14. The highest BCUT2D eigenvalue weighted by molar-refractivity contribution is 7.98. The second-order valence-electron chi connectivity index (χ2n) is 8.99. The molecule has 0 aliphatic rings. The summed E-state index contributed by atoms with van der Waals surface area (Å²) in [4.78, 5) is 21.8. The van der Waals surface area contributed by atoms with Crippen LogP contribution in [-0.2, 0) is 18.8 Å². The minimum Gasteiger partial charge on any atom is -0.348 e. The van der Waals surface area contributed by atoms with E-state index >= 15 is 0 Å². The maximum atomic E-state index is 12.6. The predicted octanol–water partition coefficient (Wildman–Crippen LogP) is 6.32. The average Bonchev–Trinajstić information content (AvgIpc) is 3.24. The van der Waals surface area contributed by atoms with Crippen LogP contribution in [0.4, 0.5) is 0 Å². The van der Waals surface area contributed by atoms with Crippen molar-refractivity contribution in [2.24, 2.45) is 0 Å². The molecule has 0 spiro atoms. The maximum absolute atomic E-state index is 12.6. The van der Waals surface area contributed by atoms with Crippen LogP contribution >= 0.6 is 11.8 Å². The molecule has 0 saturated heterocycles. The largest absolute Gasteiger partial charge is 0.348 e. The Hall–Kier alpha value is -3.90. The molecule has 36 heavy (non-hydrogen) atoms. The number of fused-ring (bicyclic) bond motifs is 1. The number of rotatable bonds is 8. The van der Waals surface area contributed by atoms with Gasteiger partial charge in [-0.2, -0.15) is 0 Å². The standard InChI is InChI=1S/C30H28N4OS/c1-21-6-8-23(9-7-21)17-32-29(35)26-12-10-24(11-13-26)20-36-30-33-27-14-15-31-18-28(27)34(30)19-25-5-3-4-22(2)16-25/h3-16,18H,17,19-20H2,1-2H3,(H,32,35). The topological polar surface area (TPSA) is 59.8 Å². The van der Waals surface area contributed by atoms with Crippen LogP contribution in [0.1, 0.15) is 38.2 Å². The Morgan fingerprint density at radius 2 is 1.67 bits per heavy atom. The summed E-state index contributed by atoms with van der Waals surface area (Å²) in [7, 11) is 0. The molecule has 5 rings (SSSR count). The van der Waals surface area contributed by atoms with Crippen LogP contribution in [0.15, 0.2) is 96.4 Å². The molecule has 1 amide bonds. The fourth-order valence-electron chi connectivity index (χ4n) is 4.09. The zero-order valence-electron chi connectivity index (χ0n) is 20.4. The van der Waals surface area contributed by atoms with Gasteiger partial charge in [-0.1, -0.05) is 83.6 Å². The van der Waals surface area contributed by atoms with Gasteiger partial charge in [0.2, 0.25) is 0 Å². The number of imidazole rings is 1. The van der Waals surface area contributed by atoms with Crippen LogP contribution in [0.2, 0.25) is 0 Å². The summed E-state index contributed by atoms with van der Waals surface area (Å²) >= 11 is 1.70. The van der Waals surface area contributed by atoms with Crippen molar-refractivity contribution in [2.45, 2.75) is 37.8 Å². The number of amides is 1. The second-order valence-corrected chi connectivity index (χ2v) is 9.93. The summed E-state index contributed by atoms with van der Waals surface area (Å²) < 4.78 is 2.23. The van der Waals surface area contributed by atoms with Gasteiger partial charge < -0.3 is 9.88 Å². The third-order valence-electron chi connectivity index (χ3n) is 6.10. The smallest absolute Gasteiger partial charge is 0.251 e. The SMILES string of the molecule is Cc1ccc(CNC(=O)c2ccc(CSc3nc4ccncc4n3Cc3cccc(C)c3)cc2)cc1. The van der Waals surface area contributed by atoms with Crippen LogP contribution < -0.4 is 5.32 Å². The Morgan fingerprint density at radius 3 is 2.44 bits per heavy atom. The summed E-state index contributed by atoms with van der Waals surface area (Å²) in [6, 6.07) is 26.5. The van der Waals surface area contributed by atoms with Crippen molar-refractivity contribution in [3.8, 4) is 0 Å². The molecule has 5 aromatic rings. The van der Waals surface area contributed by atoms with E-state index in [1.54, 1.807) is 18.0 Å². The van der Waals surface area contributed by atoms with E-state index in [9.17, 15) is 4.79 Å². The molecule has 0 aliphatic carbocycles. The van der Waals surface area contributed by atoms with Gasteiger partial charge in [0.1, 0.15) is 0 Å². The first-order chi connectivity index (χ1) is 17.5. The minimum atomic E-state index is -0.0674. The second kappa shape index (κ2) is 10.8. The molecule has 1 N–H and O–H groups in total. The molecule has 0 atom stereocenters. The van der Waals surface area contributed by atoms with Gasteiger partial charge in [-0.25, -0.2) is 4.98 Å². The summed E-state index contributed by atoms with van der Waals surface area (Å²) in [5.41, 5.74) is 8.55. The maximum Gasteiger partial charge on any atom is 0.251 e. The molecule has 180 valence electrons. The van der Waals surface area contributed by atoms with E-state index in [-0.39, 0.29) is 5.91 Å². The highest BCUT2D eigenvalue weighted by Gasteiger charge is 2.13. The van der Waals surface area contributed by atoms with Gasteiger partial charge >= 0.3 is 0 Å². The lowest BCUT2D eigenvalue weighted by molar-refractivity contribution is 0.0951. The van der Waals surface area contributed by atoms with E-state index in [2.05, 4.69) is 65.1 Å². The first-order valence-electron chi connectivity index (χ1n) is 12.0. The minimum absolute atomic E-state index is 0.0674. The van der Waals surface area contributed by atoms with Gasteiger partial charge in [0.15, 0.2) is 5.16 Å². The van der Waals surface area contributed by atoms with Gasteiger partial charge in [-0.3, -0.25) is 9.78 Å². The normalized spacial score (nSPS) is 11.1. The van der Waals surface area contributed by atoms with Gasteiger partial charge in [0.05, 0.1) is 23.8 Å². The first-order valence-corrected chi connectivity index (χ1v) is 12.9. The quantitative estimate of drug-likeness (QED) is 0.258. The molecule has 2 aromatic heterocycles. The molecule has 0 unspecified atom stereocenters. The molecule has 2 heterocycles. The number of carbonyl (C=O) groups excluding carboxylic acids is 1. The highest BCUT2D eigenvalue weighted by atomic mass is 32.2. The van der Waals surface area contributed by atoms with Crippen LogP contribution in [0.3, 0.4) is 0 Å². The van der Waals surface area contributed by atoms with Crippen molar-refractivity contribution >= 4 is 28.7 Å². The Labute approximate surface area is 215 Å². The first kappa shape index (κ1) is 23.8. The lowest BCUT2D eigenvalue weighted by Gasteiger charge is -2.10. The van der Waals surface area contributed by atoms with Crippen LogP contribution in [0, 0.1) is 13.8 Å². The molecule has 0 bridgehead atoms. The van der Waals surface area contributed by atoms with E-state index in [0.29, 0.717) is 12.1 Å². The van der Waals surface area contributed by atoms with Gasteiger partial charge in [-0.15, -0.1) is 0 Å². The van der Waals surface area contributed by atoms with Gasteiger partial charge in [0.25, 0.3) is 5.91 Å². The number of pyridine rings is 1. The average molecular weight is 493 g/mol. The number of carbonyl (C=O) groups is 1. The number of hydrogen-bond donors (Lipinski definition) is 1. The molecule has 0 saturated carbocycles. The van der Waals surface area contributed by atoms with Crippen LogP contribution in [-0.4, -0.2) is 20.4 Å². The Bertz CT molecular complexity index is 1490. The summed E-state index contributed by atoms with van der Waals surface area (Å²) in [6.07, 6.45) is 3.66. The van der Waals surface area contributed by atoms with E-state index < -0.39 is 0 Å². The van der Waals surface area contributed by atoms with Crippen molar-refractivity contribution in [1.29, 1.82) is 0 Å². The molecule has 3 aromatic carbocycles. The molecule has 0 aliphatic heterocycles. The van der Waals surface area contributed by atoms with Crippen molar-refractivity contribution in [2.75, 3.05) is 0 Å². The van der Waals surface area contributed by atoms with Crippen molar-refractivity contribution < 1.29 is 4.79 Å². The zero-order valence-corrected chi connectivity index (χ0v) is 21.3. The lowest BCUT2D eigenvalue weighted by Crippen LogP contribution is -2.22. The van der Waals surface area contributed by atoms with E-state index in [0.717, 1.165) is 39.6 Å². The van der Waals surface area contributed by atoms with E-state index in [4.69, 9.17) is 4.98 Å². The molecule has 6 heteroatoms. The summed E-state index contributed by atoms with van der Waals surface area (Å²) in [6.45, 7) is 5.42. The third kappa shape index (κ3) is 5.66. The number of thioether (sulfide) groups is 1. The van der Waals surface area contributed by atoms with Crippen LogP contribution in [0.5, 0.6) is 0 Å². The number of nitrogens with zero attached hydrogens (tertiary/aromatic N) is 3. The monoisotopic (exact) mass is 492 g/mol. The molecular formula is C30H28N4OS. The number of aryl methyl sites for hydroxylation is 2. The number of hydrogen-bond acceptors (Lipinski definition) is 4. The van der Waals surface area contributed by atoms with Gasteiger partial charge in [-0.05, 0) is 48.7 Å². The fourth-order valence-corrected chi connectivity index (χ4v) is 5.06. The van der Waals surface area contributed by atoms with Crippen molar-refractivity contribution in [1.82, 2.24) is 19.9 Å². The van der Waals surface area contributed by atoms with Crippen molar-refractivity contribution in [3.05, 3.63) is 125 Å². The highest BCUT2D eigenvalue weighted by Crippen LogP contribution is 2.27. The Balaban J connectivity index is 1.26. The Morgan fingerprint density at radius 1 is 0.889 bits per heavy atom. The predicted molar refractivity (Wildman–Crippen MR) is 146 cm³/mol.